The van der Waals surface area contributed by atoms with Gasteiger partial charge in [0.25, 0.3) is 5.91 Å². The van der Waals surface area contributed by atoms with Gasteiger partial charge in [-0.1, -0.05) is 18.5 Å². The first-order valence-electron chi connectivity index (χ1n) is 9.21. The Hall–Kier alpha value is -2.58. The molecule has 1 saturated heterocycles. The second-order valence-corrected chi connectivity index (χ2v) is 6.67. The van der Waals surface area contributed by atoms with E-state index >= 15 is 0 Å². The zero-order valence-corrected chi connectivity index (χ0v) is 16.8. The Kier molecular flexibility index (Phi) is 6.89. The van der Waals surface area contributed by atoms with Crippen molar-refractivity contribution in [2.24, 2.45) is 0 Å². The highest BCUT2D eigenvalue weighted by Gasteiger charge is 2.20. The van der Waals surface area contributed by atoms with E-state index in [1.807, 2.05) is 0 Å². The van der Waals surface area contributed by atoms with E-state index in [0.29, 0.717) is 60.1 Å². The summed E-state index contributed by atoms with van der Waals surface area (Å²) < 4.78 is 10.8. The SMILES string of the molecule is CCCNc1nc(Nc2ccc(C(=O)N3CCOCC3)cc2OC)ncc1Cl. The maximum atomic E-state index is 12.7. The van der Waals surface area contributed by atoms with Crippen molar-refractivity contribution in [3.8, 4) is 5.75 Å². The largest absolute Gasteiger partial charge is 0.495 e. The van der Waals surface area contributed by atoms with Crippen molar-refractivity contribution in [1.29, 1.82) is 0 Å². The van der Waals surface area contributed by atoms with E-state index in [2.05, 4.69) is 27.5 Å². The minimum Gasteiger partial charge on any atom is -0.495 e. The quantitative estimate of drug-likeness (QED) is 0.731. The molecule has 0 atom stereocenters. The molecule has 150 valence electrons. The maximum absolute atomic E-state index is 12.7. The van der Waals surface area contributed by atoms with Crippen LogP contribution in [0.2, 0.25) is 5.02 Å². The summed E-state index contributed by atoms with van der Waals surface area (Å²) in [5.74, 6) is 1.44. The number of benzene rings is 1. The number of morpholine rings is 1. The van der Waals surface area contributed by atoms with Gasteiger partial charge in [0.2, 0.25) is 5.95 Å². The van der Waals surface area contributed by atoms with Crippen molar-refractivity contribution in [3.05, 3.63) is 35.0 Å². The zero-order valence-electron chi connectivity index (χ0n) is 16.0. The Balaban J connectivity index is 1.78. The fourth-order valence-electron chi connectivity index (χ4n) is 2.79. The number of anilines is 3. The number of hydrogen-bond donors (Lipinski definition) is 2. The second-order valence-electron chi connectivity index (χ2n) is 6.26. The molecule has 0 bridgehead atoms. The predicted molar refractivity (Wildman–Crippen MR) is 109 cm³/mol. The lowest BCUT2D eigenvalue weighted by Gasteiger charge is -2.27. The molecule has 0 unspecified atom stereocenters. The molecule has 0 radical (unpaired) electrons. The second kappa shape index (κ2) is 9.57. The normalized spacial score (nSPS) is 13.9. The topological polar surface area (TPSA) is 88.6 Å². The average Bonchev–Trinajstić information content (AvgIpc) is 2.74. The number of hydrogen-bond acceptors (Lipinski definition) is 7. The fourth-order valence-corrected chi connectivity index (χ4v) is 2.95. The molecule has 0 saturated carbocycles. The molecule has 9 heteroatoms. The van der Waals surface area contributed by atoms with E-state index in [9.17, 15) is 4.79 Å². The Morgan fingerprint density at radius 3 is 2.86 bits per heavy atom. The van der Waals surface area contributed by atoms with Crippen LogP contribution in [0.5, 0.6) is 5.75 Å². The summed E-state index contributed by atoms with van der Waals surface area (Å²) in [6, 6.07) is 5.25. The Bertz CT molecular complexity index is 827. The summed E-state index contributed by atoms with van der Waals surface area (Å²) in [6.45, 7) is 5.12. The molecular weight excluding hydrogens is 382 g/mol. The van der Waals surface area contributed by atoms with Crippen molar-refractivity contribution in [2.75, 3.05) is 50.6 Å². The fraction of sp³-hybridized carbons (Fsp3) is 0.421. The first-order valence-corrected chi connectivity index (χ1v) is 9.58. The number of nitrogens with one attached hydrogen (secondary N) is 2. The molecule has 1 amide bonds. The van der Waals surface area contributed by atoms with Crippen LogP contribution in [-0.2, 0) is 4.74 Å². The van der Waals surface area contributed by atoms with Gasteiger partial charge in [-0.05, 0) is 24.6 Å². The van der Waals surface area contributed by atoms with E-state index in [1.165, 1.54) is 6.20 Å². The molecule has 0 spiro atoms. The van der Waals surface area contributed by atoms with Gasteiger partial charge in [0.1, 0.15) is 16.6 Å². The van der Waals surface area contributed by atoms with Crippen LogP contribution in [0.3, 0.4) is 0 Å². The standard InChI is InChI=1S/C19H24ClN5O3/c1-3-6-21-17-14(20)12-22-19(24-17)23-15-5-4-13(11-16(15)27-2)18(26)25-7-9-28-10-8-25/h4-5,11-12H,3,6-10H2,1-2H3,(H2,21,22,23,24). The van der Waals surface area contributed by atoms with Gasteiger partial charge < -0.3 is 25.0 Å². The van der Waals surface area contributed by atoms with Crippen molar-refractivity contribution < 1.29 is 14.3 Å². The lowest BCUT2D eigenvalue weighted by atomic mass is 10.1. The van der Waals surface area contributed by atoms with E-state index < -0.39 is 0 Å². The highest BCUT2D eigenvalue weighted by molar-refractivity contribution is 6.32. The third-order valence-corrected chi connectivity index (χ3v) is 4.56. The molecule has 3 rings (SSSR count). The van der Waals surface area contributed by atoms with Crippen LogP contribution in [0.4, 0.5) is 17.5 Å². The number of methoxy groups -OCH3 is 1. The number of rotatable bonds is 7. The third kappa shape index (κ3) is 4.82. The molecule has 1 aromatic carbocycles. The van der Waals surface area contributed by atoms with Crippen LogP contribution in [0, 0.1) is 0 Å². The molecule has 28 heavy (non-hydrogen) atoms. The molecule has 0 aliphatic carbocycles. The van der Waals surface area contributed by atoms with E-state index in [0.717, 1.165) is 13.0 Å². The Morgan fingerprint density at radius 2 is 2.14 bits per heavy atom. The first kappa shape index (κ1) is 20.2. The number of aromatic nitrogens is 2. The summed E-state index contributed by atoms with van der Waals surface area (Å²) >= 11 is 6.13. The number of ether oxygens (including phenoxy) is 2. The summed E-state index contributed by atoms with van der Waals surface area (Å²) in [6.07, 6.45) is 2.49. The molecule has 1 aliphatic rings. The van der Waals surface area contributed by atoms with E-state index in [4.69, 9.17) is 21.1 Å². The predicted octanol–water partition coefficient (Wildman–Crippen LogP) is 3.18. The van der Waals surface area contributed by atoms with Gasteiger partial charge in [-0.25, -0.2) is 4.98 Å². The minimum atomic E-state index is -0.0399. The monoisotopic (exact) mass is 405 g/mol. The van der Waals surface area contributed by atoms with Gasteiger partial charge in [0, 0.05) is 25.2 Å². The number of nitrogens with zero attached hydrogens (tertiary/aromatic N) is 3. The van der Waals surface area contributed by atoms with Gasteiger partial charge in [0.05, 0.1) is 32.2 Å². The molecule has 2 heterocycles. The lowest BCUT2D eigenvalue weighted by molar-refractivity contribution is 0.0302. The van der Waals surface area contributed by atoms with Crippen LogP contribution < -0.4 is 15.4 Å². The zero-order chi connectivity index (χ0) is 19.9. The molecule has 1 aliphatic heterocycles. The van der Waals surface area contributed by atoms with E-state index in [1.54, 1.807) is 30.2 Å². The van der Waals surface area contributed by atoms with Gasteiger partial charge in [-0.2, -0.15) is 4.98 Å². The minimum absolute atomic E-state index is 0.0399. The van der Waals surface area contributed by atoms with Gasteiger partial charge in [0.15, 0.2) is 0 Å². The van der Waals surface area contributed by atoms with Crippen LogP contribution in [0.1, 0.15) is 23.7 Å². The lowest BCUT2D eigenvalue weighted by Crippen LogP contribution is -2.40. The maximum Gasteiger partial charge on any atom is 0.254 e. The highest BCUT2D eigenvalue weighted by atomic mass is 35.5. The van der Waals surface area contributed by atoms with Crippen LogP contribution in [0.25, 0.3) is 0 Å². The molecule has 1 fully saturated rings. The number of carbonyl (C=O) groups is 1. The average molecular weight is 406 g/mol. The van der Waals surface area contributed by atoms with Crippen molar-refractivity contribution >= 4 is 35.0 Å². The third-order valence-electron chi connectivity index (χ3n) is 4.28. The summed E-state index contributed by atoms with van der Waals surface area (Å²) in [5.41, 5.74) is 1.22. The molecule has 2 N–H and O–H groups in total. The van der Waals surface area contributed by atoms with Crippen molar-refractivity contribution in [3.63, 3.8) is 0 Å². The summed E-state index contributed by atoms with van der Waals surface area (Å²) in [4.78, 5) is 23.1. The van der Waals surface area contributed by atoms with Crippen LogP contribution in [-0.4, -0.2) is 60.7 Å². The van der Waals surface area contributed by atoms with Crippen LogP contribution >= 0.6 is 11.6 Å². The number of halogens is 1. The summed E-state index contributed by atoms with van der Waals surface area (Å²) in [7, 11) is 1.56. The first-order chi connectivity index (χ1) is 13.6. The van der Waals surface area contributed by atoms with E-state index in [-0.39, 0.29) is 5.91 Å². The Labute approximate surface area is 169 Å². The molecule has 8 nitrogen and oxygen atoms in total. The van der Waals surface area contributed by atoms with Gasteiger partial charge >= 0.3 is 0 Å². The van der Waals surface area contributed by atoms with Gasteiger partial charge in [-0.3, -0.25) is 4.79 Å². The number of carbonyl (C=O) groups excluding carboxylic acids is 1. The van der Waals surface area contributed by atoms with Crippen LogP contribution in [0.15, 0.2) is 24.4 Å². The smallest absolute Gasteiger partial charge is 0.254 e. The molecule has 2 aromatic rings. The summed E-state index contributed by atoms with van der Waals surface area (Å²) in [5, 5.41) is 6.74. The van der Waals surface area contributed by atoms with Gasteiger partial charge in [-0.15, -0.1) is 0 Å². The highest BCUT2D eigenvalue weighted by Crippen LogP contribution is 2.29. The Morgan fingerprint density at radius 1 is 1.36 bits per heavy atom. The number of amides is 1. The molecular formula is C19H24ClN5O3. The van der Waals surface area contributed by atoms with Crippen molar-refractivity contribution in [2.45, 2.75) is 13.3 Å². The molecule has 1 aromatic heterocycles. The van der Waals surface area contributed by atoms with Crippen molar-refractivity contribution in [1.82, 2.24) is 14.9 Å².